The highest BCUT2D eigenvalue weighted by molar-refractivity contribution is 7.80. The smallest absolute Gasteiger partial charge is 0.00460 e. The van der Waals surface area contributed by atoms with Crippen molar-refractivity contribution in [3.8, 4) is 0 Å². The van der Waals surface area contributed by atoms with Crippen molar-refractivity contribution in [2.45, 2.75) is 46.0 Å². The molecule has 0 N–H and O–H groups in total. The van der Waals surface area contributed by atoms with Crippen LogP contribution in [-0.2, 0) is 0 Å². The second-order valence-electron chi connectivity index (χ2n) is 6.49. The van der Waals surface area contributed by atoms with Crippen molar-refractivity contribution in [2.75, 3.05) is 25.4 Å². The molecule has 1 saturated heterocycles. The molecule has 2 aliphatic rings. The van der Waals surface area contributed by atoms with Crippen molar-refractivity contribution in [1.29, 1.82) is 0 Å². The van der Waals surface area contributed by atoms with E-state index in [9.17, 15) is 0 Å². The Morgan fingerprint density at radius 2 is 1.80 bits per heavy atom. The number of hydrogen-bond acceptors (Lipinski definition) is 2. The Labute approximate surface area is 100 Å². The zero-order valence-electron chi connectivity index (χ0n) is 10.3. The molecule has 88 valence electrons. The van der Waals surface area contributed by atoms with Crippen LogP contribution in [0.25, 0.3) is 0 Å². The third kappa shape index (κ3) is 2.71. The Morgan fingerprint density at radius 1 is 1.13 bits per heavy atom. The first-order valence-electron chi connectivity index (χ1n) is 6.39. The number of rotatable bonds is 3. The fourth-order valence-electron chi connectivity index (χ4n) is 3.32. The molecule has 0 aromatic rings. The molecule has 1 nitrogen and oxygen atoms in total. The van der Waals surface area contributed by atoms with E-state index in [-0.39, 0.29) is 0 Å². The molecule has 1 saturated carbocycles. The lowest BCUT2D eigenvalue weighted by Crippen LogP contribution is -2.36. The van der Waals surface area contributed by atoms with Gasteiger partial charge >= 0.3 is 0 Å². The topological polar surface area (TPSA) is 3.24 Å². The average molecular weight is 227 g/mol. The monoisotopic (exact) mass is 227 g/mol. The van der Waals surface area contributed by atoms with E-state index >= 15 is 0 Å². The van der Waals surface area contributed by atoms with Gasteiger partial charge in [0.05, 0.1) is 0 Å². The molecular formula is C13H25NS. The summed E-state index contributed by atoms with van der Waals surface area (Å²) < 4.78 is 0. The first kappa shape index (κ1) is 11.8. The van der Waals surface area contributed by atoms with Crippen LogP contribution in [0.15, 0.2) is 0 Å². The first-order valence-corrected chi connectivity index (χ1v) is 7.02. The Balaban J connectivity index is 1.91. The van der Waals surface area contributed by atoms with Crippen molar-refractivity contribution >= 4 is 12.6 Å². The predicted molar refractivity (Wildman–Crippen MR) is 69.6 cm³/mol. The number of hydrogen-bond donors (Lipinski definition) is 1. The fourth-order valence-corrected chi connectivity index (χ4v) is 3.74. The second-order valence-corrected chi connectivity index (χ2v) is 6.81. The SMILES string of the molecule is CC1(C)CCN(CC2(CS)CCCC2)C1. The molecule has 15 heavy (non-hydrogen) atoms. The normalized spacial score (nSPS) is 29.8. The van der Waals surface area contributed by atoms with Gasteiger partial charge in [-0.05, 0) is 42.4 Å². The van der Waals surface area contributed by atoms with Crippen LogP contribution in [0, 0.1) is 10.8 Å². The van der Waals surface area contributed by atoms with Gasteiger partial charge < -0.3 is 4.90 Å². The van der Waals surface area contributed by atoms with Gasteiger partial charge in [-0.2, -0.15) is 12.6 Å². The zero-order chi connectivity index (χ0) is 10.9. The van der Waals surface area contributed by atoms with Gasteiger partial charge in [-0.25, -0.2) is 0 Å². The van der Waals surface area contributed by atoms with Gasteiger partial charge in [-0.3, -0.25) is 0 Å². The Hall–Kier alpha value is 0.310. The van der Waals surface area contributed by atoms with Crippen LogP contribution in [0.1, 0.15) is 46.0 Å². The molecular weight excluding hydrogens is 202 g/mol. The van der Waals surface area contributed by atoms with Crippen LogP contribution in [-0.4, -0.2) is 30.3 Å². The molecule has 1 aliphatic carbocycles. The van der Waals surface area contributed by atoms with Crippen molar-refractivity contribution in [2.24, 2.45) is 10.8 Å². The van der Waals surface area contributed by atoms with E-state index in [0.29, 0.717) is 10.8 Å². The summed E-state index contributed by atoms with van der Waals surface area (Å²) in [7, 11) is 0. The van der Waals surface area contributed by atoms with E-state index < -0.39 is 0 Å². The van der Waals surface area contributed by atoms with Crippen LogP contribution in [0.2, 0.25) is 0 Å². The Morgan fingerprint density at radius 3 is 2.27 bits per heavy atom. The summed E-state index contributed by atoms with van der Waals surface area (Å²) in [6.07, 6.45) is 7.05. The molecule has 0 aromatic heterocycles. The van der Waals surface area contributed by atoms with Gasteiger partial charge in [0.1, 0.15) is 0 Å². The van der Waals surface area contributed by atoms with Crippen LogP contribution in [0.3, 0.4) is 0 Å². The summed E-state index contributed by atoms with van der Waals surface area (Å²) in [6, 6.07) is 0. The van der Waals surface area contributed by atoms with Crippen LogP contribution in [0.5, 0.6) is 0 Å². The van der Waals surface area contributed by atoms with E-state index in [1.54, 1.807) is 0 Å². The number of likely N-dealkylation sites (tertiary alicyclic amines) is 1. The minimum absolute atomic E-state index is 0.552. The van der Waals surface area contributed by atoms with E-state index in [4.69, 9.17) is 0 Å². The van der Waals surface area contributed by atoms with Crippen LogP contribution in [0.4, 0.5) is 0 Å². The Kier molecular flexibility index (Phi) is 3.37. The lowest BCUT2D eigenvalue weighted by Gasteiger charge is -2.32. The highest BCUT2D eigenvalue weighted by Gasteiger charge is 2.37. The molecule has 2 rings (SSSR count). The van der Waals surface area contributed by atoms with Gasteiger partial charge in [0.2, 0.25) is 0 Å². The van der Waals surface area contributed by atoms with E-state index in [2.05, 4.69) is 31.4 Å². The summed E-state index contributed by atoms with van der Waals surface area (Å²) in [4.78, 5) is 2.68. The minimum atomic E-state index is 0.552. The van der Waals surface area contributed by atoms with Crippen molar-refractivity contribution in [3.63, 3.8) is 0 Å². The summed E-state index contributed by atoms with van der Waals surface area (Å²) in [5, 5.41) is 0. The van der Waals surface area contributed by atoms with Crippen LogP contribution >= 0.6 is 12.6 Å². The maximum atomic E-state index is 4.59. The molecule has 2 heteroatoms. The molecule has 0 unspecified atom stereocenters. The fraction of sp³-hybridized carbons (Fsp3) is 1.00. The number of thiol groups is 1. The van der Waals surface area contributed by atoms with E-state index in [0.717, 1.165) is 5.75 Å². The summed E-state index contributed by atoms with van der Waals surface area (Å²) in [5.41, 5.74) is 1.11. The molecule has 0 amide bonds. The molecule has 0 bridgehead atoms. The second kappa shape index (κ2) is 4.29. The van der Waals surface area contributed by atoms with Gasteiger partial charge in [0.15, 0.2) is 0 Å². The van der Waals surface area contributed by atoms with Gasteiger partial charge in [0.25, 0.3) is 0 Å². The summed E-state index contributed by atoms with van der Waals surface area (Å²) >= 11 is 4.59. The Bertz CT molecular complexity index is 219. The molecule has 0 radical (unpaired) electrons. The third-order valence-corrected chi connectivity index (χ3v) is 4.99. The highest BCUT2D eigenvalue weighted by Crippen LogP contribution is 2.41. The van der Waals surface area contributed by atoms with Gasteiger partial charge in [0, 0.05) is 13.1 Å². The van der Waals surface area contributed by atoms with Gasteiger partial charge in [-0.1, -0.05) is 26.7 Å². The average Bonchev–Trinajstić information content (AvgIpc) is 2.75. The summed E-state index contributed by atoms with van der Waals surface area (Å²) in [6.45, 7) is 8.70. The molecule has 0 aromatic carbocycles. The predicted octanol–water partition coefficient (Wildman–Crippen LogP) is 3.21. The largest absolute Gasteiger partial charge is 0.302 e. The molecule has 0 spiro atoms. The van der Waals surface area contributed by atoms with Gasteiger partial charge in [-0.15, -0.1) is 0 Å². The lowest BCUT2D eigenvalue weighted by atomic mass is 9.87. The van der Waals surface area contributed by atoms with Crippen molar-refractivity contribution in [1.82, 2.24) is 4.90 Å². The molecule has 2 fully saturated rings. The third-order valence-electron chi connectivity index (χ3n) is 4.32. The van der Waals surface area contributed by atoms with Crippen molar-refractivity contribution in [3.05, 3.63) is 0 Å². The van der Waals surface area contributed by atoms with Crippen LogP contribution < -0.4 is 0 Å². The molecule has 1 aliphatic heterocycles. The summed E-state index contributed by atoms with van der Waals surface area (Å²) in [5.74, 6) is 1.09. The molecule has 0 atom stereocenters. The zero-order valence-corrected chi connectivity index (χ0v) is 11.2. The quantitative estimate of drug-likeness (QED) is 0.725. The van der Waals surface area contributed by atoms with E-state index in [1.807, 2.05) is 0 Å². The maximum absolute atomic E-state index is 4.59. The highest BCUT2D eigenvalue weighted by atomic mass is 32.1. The maximum Gasteiger partial charge on any atom is 0.00460 e. The standard InChI is InChI=1S/C13H25NS/c1-12(2)7-8-14(9-12)10-13(11-15)5-3-4-6-13/h15H,3-11H2,1-2H3. The first-order chi connectivity index (χ1) is 7.05. The lowest BCUT2D eigenvalue weighted by molar-refractivity contribution is 0.187. The van der Waals surface area contributed by atoms with E-state index in [1.165, 1.54) is 51.7 Å². The number of nitrogens with zero attached hydrogens (tertiary/aromatic N) is 1. The minimum Gasteiger partial charge on any atom is -0.302 e. The molecule has 1 heterocycles. The van der Waals surface area contributed by atoms with Crippen molar-refractivity contribution < 1.29 is 0 Å².